The van der Waals surface area contributed by atoms with Crippen LogP contribution in [0, 0.1) is 11.3 Å². The molecule has 1 amide bonds. The summed E-state index contributed by atoms with van der Waals surface area (Å²) < 4.78 is 40.2. The van der Waals surface area contributed by atoms with E-state index in [-0.39, 0.29) is 29.9 Å². The number of rotatable bonds is 11. The van der Waals surface area contributed by atoms with Crippen molar-refractivity contribution in [3.8, 4) is 6.07 Å². The molecule has 0 aromatic heterocycles. The van der Waals surface area contributed by atoms with Gasteiger partial charge in [-0.1, -0.05) is 42.5 Å². The lowest BCUT2D eigenvalue weighted by Crippen LogP contribution is -2.32. The molecule has 3 aromatic carbocycles. The minimum Gasteiger partial charge on any atom is -0.478 e. The van der Waals surface area contributed by atoms with Gasteiger partial charge in [-0.05, 0) is 67.1 Å². The summed E-state index contributed by atoms with van der Waals surface area (Å²) in [5, 5.41) is 28.6. The Morgan fingerprint density at radius 3 is 2.26 bits per heavy atom. The van der Waals surface area contributed by atoms with Crippen LogP contribution in [0.3, 0.4) is 0 Å². The van der Waals surface area contributed by atoms with Crippen molar-refractivity contribution in [2.75, 3.05) is 11.9 Å². The van der Waals surface area contributed by atoms with Crippen molar-refractivity contribution in [2.24, 2.45) is 0 Å². The standard InChI is InChI=1S/C31H26F3N3O5/c1-20(37(19-38)26-8-4-7-25(16-26)31(32,33)34)28(30(41)42)29(24-12-9-22(17-35)10-13-24)36(2)18-23-6-3-5-21(15-23)11-14-27(39)40/h3-16,19,29H,18H2,1-2H3,(H,39,40)(H,41,42)/b14-11+,28-20+. The fraction of sp³-hybridized carbons (Fsp3) is 0.161. The van der Waals surface area contributed by atoms with Crippen LogP contribution in [0.1, 0.15) is 40.8 Å². The maximum Gasteiger partial charge on any atom is 0.416 e. The second-order valence-corrected chi connectivity index (χ2v) is 9.30. The predicted octanol–water partition coefficient (Wildman–Crippen LogP) is 5.87. The third kappa shape index (κ3) is 7.71. The first-order chi connectivity index (χ1) is 19.8. The van der Waals surface area contributed by atoms with Crippen LogP contribution in [0.25, 0.3) is 6.08 Å². The van der Waals surface area contributed by atoms with E-state index in [0.717, 1.165) is 29.2 Å². The third-order valence-electron chi connectivity index (χ3n) is 6.41. The van der Waals surface area contributed by atoms with Gasteiger partial charge in [-0.15, -0.1) is 0 Å². The molecule has 8 nitrogen and oxygen atoms in total. The van der Waals surface area contributed by atoms with Crippen LogP contribution in [0.4, 0.5) is 18.9 Å². The van der Waals surface area contributed by atoms with Crippen LogP contribution in [0.15, 0.2) is 90.1 Å². The molecule has 0 saturated heterocycles. The Morgan fingerprint density at radius 2 is 1.69 bits per heavy atom. The highest BCUT2D eigenvalue weighted by molar-refractivity contribution is 5.93. The normalized spacial score (nSPS) is 12.9. The number of carbonyl (C=O) groups excluding carboxylic acids is 1. The van der Waals surface area contributed by atoms with Crippen molar-refractivity contribution in [1.82, 2.24) is 4.90 Å². The van der Waals surface area contributed by atoms with E-state index in [1.807, 2.05) is 6.07 Å². The quantitative estimate of drug-likeness (QED) is 0.216. The fourth-order valence-corrected chi connectivity index (χ4v) is 4.49. The summed E-state index contributed by atoms with van der Waals surface area (Å²) in [6.45, 7) is 1.49. The number of amides is 1. The summed E-state index contributed by atoms with van der Waals surface area (Å²) in [5.74, 6) is -2.53. The number of anilines is 1. The number of likely N-dealkylation sites (N-methyl/N-ethyl adjacent to an activating group) is 1. The monoisotopic (exact) mass is 577 g/mol. The number of hydrogen-bond acceptors (Lipinski definition) is 5. The van der Waals surface area contributed by atoms with Crippen molar-refractivity contribution in [2.45, 2.75) is 25.7 Å². The number of benzene rings is 3. The van der Waals surface area contributed by atoms with Crippen LogP contribution in [-0.4, -0.2) is 40.5 Å². The minimum absolute atomic E-state index is 0.115. The van der Waals surface area contributed by atoms with Gasteiger partial charge in [0.25, 0.3) is 0 Å². The molecule has 11 heteroatoms. The van der Waals surface area contributed by atoms with Gasteiger partial charge in [0, 0.05) is 24.0 Å². The number of halogens is 3. The Labute approximate surface area is 239 Å². The Kier molecular flexibility index (Phi) is 10.0. The summed E-state index contributed by atoms with van der Waals surface area (Å²) in [5.41, 5.74) is 0.504. The number of carbonyl (C=O) groups is 3. The lowest BCUT2D eigenvalue weighted by atomic mass is 9.94. The molecular weight excluding hydrogens is 551 g/mol. The molecule has 0 spiro atoms. The highest BCUT2D eigenvalue weighted by Crippen LogP contribution is 2.36. The van der Waals surface area contributed by atoms with Crippen LogP contribution >= 0.6 is 0 Å². The van der Waals surface area contributed by atoms with Crippen molar-refractivity contribution in [3.05, 3.63) is 118 Å². The van der Waals surface area contributed by atoms with Crippen molar-refractivity contribution in [1.29, 1.82) is 5.26 Å². The Balaban J connectivity index is 2.16. The number of nitrogens with zero attached hydrogens (tertiary/aromatic N) is 3. The zero-order valence-corrected chi connectivity index (χ0v) is 22.5. The minimum atomic E-state index is -4.68. The molecule has 1 unspecified atom stereocenters. The Hall–Kier alpha value is -5.21. The molecule has 42 heavy (non-hydrogen) atoms. The summed E-state index contributed by atoms with van der Waals surface area (Å²) in [7, 11) is 1.63. The molecule has 0 bridgehead atoms. The molecule has 2 N–H and O–H groups in total. The first-order valence-electron chi connectivity index (χ1n) is 12.4. The molecule has 0 heterocycles. The molecule has 0 radical (unpaired) electrons. The van der Waals surface area contributed by atoms with Crippen LogP contribution < -0.4 is 4.90 Å². The topological polar surface area (TPSA) is 122 Å². The van der Waals surface area contributed by atoms with Gasteiger partial charge in [0.05, 0.1) is 28.8 Å². The molecule has 3 rings (SSSR count). The number of nitriles is 1. The van der Waals surface area contributed by atoms with E-state index < -0.39 is 29.7 Å². The molecule has 0 aliphatic rings. The maximum absolute atomic E-state index is 13.4. The Bertz CT molecular complexity index is 1570. The van der Waals surface area contributed by atoms with Crippen LogP contribution in [0.5, 0.6) is 0 Å². The van der Waals surface area contributed by atoms with E-state index >= 15 is 0 Å². The van der Waals surface area contributed by atoms with Gasteiger partial charge in [0.1, 0.15) is 0 Å². The van der Waals surface area contributed by atoms with Gasteiger partial charge in [0.15, 0.2) is 0 Å². The molecule has 0 aliphatic heterocycles. The summed E-state index contributed by atoms with van der Waals surface area (Å²) in [6, 6.07) is 18.0. The Morgan fingerprint density at radius 1 is 1.02 bits per heavy atom. The number of allylic oxidation sites excluding steroid dienone is 1. The average Bonchev–Trinajstić information content (AvgIpc) is 2.94. The summed E-state index contributed by atoms with van der Waals surface area (Å²) in [4.78, 5) is 38.4. The smallest absolute Gasteiger partial charge is 0.416 e. The zero-order chi connectivity index (χ0) is 31.0. The zero-order valence-electron chi connectivity index (χ0n) is 22.5. The van der Waals surface area contributed by atoms with E-state index in [9.17, 15) is 37.9 Å². The number of carboxylic acid groups (broad SMARTS) is 2. The van der Waals surface area contributed by atoms with Gasteiger partial charge in [0.2, 0.25) is 6.41 Å². The van der Waals surface area contributed by atoms with E-state index in [0.29, 0.717) is 22.3 Å². The highest BCUT2D eigenvalue weighted by atomic mass is 19.4. The van der Waals surface area contributed by atoms with Gasteiger partial charge in [-0.2, -0.15) is 18.4 Å². The molecular formula is C31H26F3N3O5. The largest absolute Gasteiger partial charge is 0.478 e. The molecule has 0 fully saturated rings. The fourth-order valence-electron chi connectivity index (χ4n) is 4.49. The second-order valence-electron chi connectivity index (χ2n) is 9.30. The van der Waals surface area contributed by atoms with Gasteiger partial charge >= 0.3 is 18.1 Å². The second kappa shape index (κ2) is 13.4. The van der Waals surface area contributed by atoms with Crippen molar-refractivity contribution < 1.29 is 37.8 Å². The van der Waals surface area contributed by atoms with E-state index in [4.69, 9.17) is 5.11 Å². The number of alkyl halides is 3. The molecule has 1 atom stereocenters. The predicted molar refractivity (Wildman–Crippen MR) is 149 cm³/mol. The number of aliphatic carboxylic acids is 2. The molecule has 0 saturated carbocycles. The number of hydrogen-bond donors (Lipinski definition) is 2. The molecule has 3 aromatic rings. The van der Waals surface area contributed by atoms with E-state index in [1.165, 1.54) is 31.2 Å². The van der Waals surface area contributed by atoms with Gasteiger partial charge in [-0.25, -0.2) is 9.59 Å². The molecule has 216 valence electrons. The lowest BCUT2D eigenvalue weighted by molar-refractivity contribution is -0.137. The maximum atomic E-state index is 13.4. The van der Waals surface area contributed by atoms with Crippen molar-refractivity contribution in [3.63, 3.8) is 0 Å². The average molecular weight is 578 g/mol. The highest BCUT2D eigenvalue weighted by Gasteiger charge is 2.33. The molecule has 0 aliphatic carbocycles. The summed E-state index contributed by atoms with van der Waals surface area (Å²) >= 11 is 0. The number of carboxylic acids is 2. The van der Waals surface area contributed by atoms with Crippen LogP contribution in [0.2, 0.25) is 0 Å². The first-order valence-corrected chi connectivity index (χ1v) is 12.4. The summed E-state index contributed by atoms with van der Waals surface area (Å²) in [6.07, 6.45) is -2.04. The lowest BCUT2D eigenvalue weighted by Gasteiger charge is -2.32. The SMILES string of the molecule is C/C(=C(\C(=O)O)C(c1ccc(C#N)cc1)N(C)Cc1cccc(/C=C/C(=O)O)c1)N(C=O)c1cccc(C(F)(F)F)c1. The van der Waals surface area contributed by atoms with Crippen LogP contribution in [-0.2, 0) is 27.1 Å². The van der Waals surface area contributed by atoms with Crippen molar-refractivity contribution >= 4 is 30.1 Å². The first kappa shape index (κ1) is 31.3. The van der Waals surface area contributed by atoms with Gasteiger partial charge in [-0.3, -0.25) is 14.6 Å². The third-order valence-corrected chi connectivity index (χ3v) is 6.41. The van der Waals surface area contributed by atoms with E-state index in [1.54, 1.807) is 48.3 Å². The van der Waals surface area contributed by atoms with Gasteiger partial charge < -0.3 is 10.2 Å². The van der Waals surface area contributed by atoms with E-state index in [2.05, 4.69) is 0 Å².